The number of rotatable bonds is 9. The summed E-state index contributed by atoms with van der Waals surface area (Å²) in [4.78, 5) is 14.8. The van der Waals surface area contributed by atoms with Crippen LogP contribution in [0.1, 0.15) is 35.3 Å². The van der Waals surface area contributed by atoms with Gasteiger partial charge in [0.25, 0.3) is 5.91 Å². The first-order chi connectivity index (χ1) is 13.3. The van der Waals surface area contributed by atoms with Crippen LogP contribution in [0.15, 0.2) is 53.4 Å². The monoisotopic (exact) mass is 403 g/mol. The summed E-state index contributed by atoms with van der Waals surface area (Å²) >= 11 is 0. The van der Waals surface area contributed by atoms with Gasteiger partial charge in [-0.1, -0.05) is 44.2 Å². The van der Waals surface area contributed by atoms with Crippen molar-refractivity contribution in [3.8, 4) is 0 Å². The molecule has 0 radical (unpaired) electrons. The molecule has 1 N–H and O–H groups in total. The lowest BCUT2D eigenvalue weighted by Crippen LogP contribution is -2.31. The van der Waals surface area contributed by atoms with Crippen molar-refractivity contribution in [2.24, 2.45) is 0 Å². The Hall–Kier alpha value is -2.22. The van der Waals surface area contributed by atoms with Gasteiger partial charge < -0.3 is 10.2 Å². The van der Waals surface area contributed by atoms with Gasteiger partial charge in [0.2, 0.25) is 10.0 Å². The van der Waals surface area contributed by atoms with Crippen molar-refractivity contribution < 1.29 is 13.2 Å². The van der Waals surface area contributed by atoms with E-state index in [1.165, 1.54) is 16.4 Å². The molecule has 0 aromatic heterocycles. The molecule has 2 aromatic rings. The summed E-state index contributed by atoms with van der Waals surface area (Å²) in [7, 11) is 0.398. The quantitative estimate of drug-likeness (QED) is 0.699. The standard InChI is InChI=1S/C21H29N3O3S/c1-5-24(6-2)28(26,27)20-13-9-12-17(14-20)21(25)22-15-18-10-7-8-11-19(18)16-23(3)4/h7-14H,5-6,15-16H2,1-4H3,(H,22,25). The molecule has 0 aliphatic rings. The highest BCUT2D eigenvalue weighted by atomic mass is 32.2. The minimum absolute atomic E-state index is 0.136. The van der Waals surface area contributed by atoms with E-state index in [1.54, 1.807) is 26.0 Å². The Morgan fingerprint density at radius 2 is 1.61 bits per heavy atom. The number of benzene rings is 2. The Bertz CT molecular complexity index is 907. The highest BCUT2D eigenvalue weighted by Crippen LogP contribution is 2.17. The number of carbonyl (C=O) groups is 1. The first kappa shape index (κ1) is 22.1. The van der Waals surface area contributed by atoms with Crippen LogP contribution in [0.25, 0.3) is 0 Å². The molecule has 0 saturated heterocycles. The molecule has 2 rings (SSSR count). The molecule has 28 heavy (non-hydrogen) atoms. The Kier molecular flexibility index (Phi) is 7.74. The van der Waals surface area contributed by atoms with E-state index >= 15 is 0 Å². The van der Waals surface area contributed by atoms with Gasteiger partial charge in [0, 0.05) is 31.7 Å². The third kappa shape index (κ3) is 5.41. The van der Waals surface area contributed by atoms with Gasteiger partial charge in [0.05, 0.1) is 4.90 Å². The Morgan fingerprint density at radius 3 is 2.21 bits per heavy atom. The molecule has 6 nitrogen and oxygen atoms in total. The van der Waals surface area contributed by atoms with Crippen LogP contribution in [0.4, 0.5) is 0 Å². The predicted molar refractivity (Wildman–Crippen MR) is 112 cm³/mol. The van der Waals surface area contributed by atoms with Gasteiger partial charge >= 0.3 is 0 Å². The average molecular weight is 404 g/mol. The Labute approximate surface area is 168 Å². The van der Waals surface area contributed by atoms with Gasteiger partial charge in [0.1, 0.15) is 0 Å². The zero-order valence-electron chi connectivity index (χ0n) is 17.0. The van der Waals surface area contributed by atoms with Crippen LogP contribution in [-0.2, 0) is 23.1 Å². The van der Waals surface area contributed by atoms with Crippen molar-refractivity contribution in [1.29, 1.82) is 0 Å². The van der Waals surface area contributed by atoms with E-state index in [2.05, 4.69) is 10.2 Å². The lowest BCUT2D eigenvalue weighted by molar-refractivity contribution is 0.0950. The number of sulfonamides is 1. The predicted octanol–water partition coefficient (Wildman–Crippen LogP) is 2.71. The maximum absolute atomic E-state index is 12.7. The molecule has 0 fully saturated rings. The smallest absolute Gasteiger partial charge is 0.251 e. The van der Waals surface area contributed by atoms with Crippen molar-refractivity contribution in [2.75, 3.05) is 27.2 Å². The fourth-order valence-electron chi connectivity index (χ4n) is 3.01. The van der Waals surface area contributed by atoms with Crippen LogP contribution in [-0.4, -0.2) is 50.7 Å². The van der Waals surface area contributed by atoms with Crippen molar-refractivity contribution in [3.05, 3.63) is 65.2 Å². The maximum atomic E-state index is 12.7. The molecule has 0 spiro atoms. The van der Waals surface area contributed by atoms with Gasteiger partial charge in [-0.25, -0.2) is 8.42 Å². The summed E-state index contributed by atoms with van der Waals surface area (Å²) in [5.74, 6) is -0.295. The first-order valence-electron chi connectivity index (χ1n) is 9.39. The molecule has 152 valence electrons. The first-order valence-corrected chi connectivity index (χ1v) is 10.8. The second-order valence-electron chi connectivity index (χ2n) is 6.81. The molecule has 0 aliphatic heterocycles. The third-order valence-corrected chi connectivity index (χ3v) is 6.53. The van der Waals surface area contributed by atoms with Crippen molar-refractivity contribution in [1.82, 2.24) is 14.5 Å². The fourth-order valence-corrected chi connectivity index (χ4v) is 4.52. The minimum atomic E-state index is -3.60. The maximum Gasteiger partial charge on any atom is 0.251 e. The van der Waals surface area contributed by atoms with Gasteiger partial charge in [-0.15, -0.1) is 0 Å². The van der Waals surface area contributed by atoms with Crippen LogP contribution in [0.3, 0.4) is 0 Å². The van der Waals surface area contributed by atoms with Gasteiger partial charge in [-0.2, -0.15) is 4.31 Å². The van der Waals surface area contributed by atoms with Gasteiger partial charge in [-0.05, 0) is 43.4 Å². The summed E-state index contributed by atoms with van der Waals surface area (Å²) in [6, 6.07) is 14.1. The van der Waals surface area contributed by atoms with Crippen LogP contribution >= 0.6 is 0 Å². The number of nitrogens with zero attached hydrogens (tertiary/aromatic N) is 2. The van der Waals surface area contributed by atoms with E-state index in [0.29, 0.717) is 25.2 Å². The molecule has 0 saturated carbocycles. The zero-order chi connectivity index (χ0) is 20.7. The molecule has 0 heterocycles. The van der Waals surface area contributed by atoms with E-state index in [0.717, 1.165) is 17.7 Å². The van der Waals surface area contributed by atoms with E-state index in [4.69, 9.17) is 0 Å². The van der Waals surface area contributed by atoms with Crippen molar-refractivity contribution >= 4 is 15.9 Å². The van der Waals surface area contributed by atoms with Gasteiger partial charge in [0.15, 0.2) is 0 Å². The van der Waals surface area contributed by atoms with Crippen molar-refractivity contribution in [3.63, 3.8) is 0 Å². The molecule has 2 aromatic carbocycles. The summed E-state index contributed by atoms with van der Waals surface area (Å²) in [5, 5.41) is 2.90. The largest absolute Gasteiger partial charge is 0.348 e. The van der Waals surface area contributed by atoms with Crippen LogP contribution in [0.2, 0.25) is 0 Å². The summed E-state index contributed by atoms with van der Waals surface area (Å²) in [5.41, 5.74) is 2.51. The minimum Gasteiger partial charge on any atom is -0.348 e. The molecular weight excluding hydrogens is 374 g/mol. The lowest BCUT2D eigenvalue weighted by Gasteiger charge is -2.18. The lowest BCUT2D eigenvalue weighted by atomic mass is 10.1. The van der Waals surface area contributed by atoms with E-state index < -0.39 is 10.0 Å². The van der Waals surface area contributed by atoms with Crippen LogP contribution < -0.4 is 5.32 Å². The molecule has 0 aliphatic carbocycles. The van der Waals surface area contributed by atoms with Crippen LogP contribution in [0, 0.1) is 0 Å². The second kappa shape index (κ2) is 9.82. The average Bonchev–Trinajstić information content (AvgIpc) is 2.67. The Balaban J connectivity index is 2.17. The third-order valence-electron chi connectivity index (χ3n) is 4.48. The highest BCUT2D eigenvalue weighted by molar-refractivity contribution is 7.89. The summed E-state index contributed by atoms with van der Waals surface area (Å²) in [6.45, 7) is 5.53. The zero-order valence-corrected chi connectivity index (χ0v) is 17.8. The number of hydrogen-bond acceptors (Lipinski definition) is 4. The molecule has 0 unspecified atom stereocenters. The fraction of sp³-hybridized carbons (Fsp3) is 0.381. The molecule has 0 bridgehead atoms. The normalized spacial score (nSPS) is 11.8. The molecule has 0 atom stereocenters. The summed E-state index contributed by atoms with van der Waals surface area (Å²) in [6.07, 6.45) is 0. The SMILES string of the molecule is CCN(CC)S(=O)(=O)c1cccc(C(=O)NCc2ccccc2CN(C)C)c1. The second-order valence-corrected chi connectivity index (χ2v) is 8.74. The van der Waals surface area contributed by atoms with Crippen LogP contribution in [0.5, 0.6) is 0 Å². The summed E-state index contributed by atoms with van der Waals surface area (Å²) < 4.78 is 26.7. The number of carbonyl (C=O) groups excluding carboxylic acids is 1. The van der Waals surface area contributed by atoms with Gasteiger partial charge in [-0.3, -0.25) is 4.79 Å². The van der Waals surface area contributed by atoms with E-state index in [-0.39, 0.29) is 10.8 Å². The Morgan fingerprint density at radius 1 is 0.964 bits per heavy atom. The van der Waals surface area contributed by atoms with E-state index in [1.807, 2.05) is 38.4 Å². The topological polar surface area (TPSA) is 69.7 Å². The highest BCUT2D eigenvalue weighted by Gasteiger charge is 2.22. The van der Waals surface area contributed by atoms with Crippen molar-refractivity contribution in [2.45, 2.75) is 31.8 Å². The van der Waals surface area contributed by atoms with E-state index in [9.17, 15) is 13.2 Å². The molecule has 1 amide bonds. The molecular formula is C21H29N3O3S. The number of nitrogens with one attached hydrogen (secondary N) is 1. The number of hydrogen-bond donors (Lipinski definition) is 1. The number of amides is 1. The molecule has 7 heteroatoms.